The van der Waals surface area contributed by atoms with E-state index in [4.69, 9.17) is 16.6 Å². The number of nitrogens with two attached hydrogens (primary N) is 2. The second-order valence-corrected chi connectivity index (χ2v) is 3.46. The van der Waals surface area contributed by atoms with E-state index in [-0.39, 0.29) is 19.3 Å². The minimum atomic E-state index is -1.06. The molecule has 0 saturated heterocycles. The van der Waals surface area contributed by atoms with Gasteiger partial charge in [-0.05, 0) is 13.3 Å². The number of hydrogen-bond donors (Lipinski definition) is 3. The van der Waals surface area contributed by atoms with Crippen LogP contribution in [0.2, 0.25) is 0 Å². The molecular formula is C9H16N2O5. The molecule has 7 heteroatoms. The van der Waals surface area contributed by atoms with E-state index in [2.05, 4.69) is 4.74 Å². The number of esters is 2. The van der Waals surface area contributed by atoms with E-state index in [1.54, 1.807) is 0 Å². The molecule has 0 rings (SSSR count). The van der Waals surface area contributed by atoms with Crippen LogP contribution < -0.4 is 11.5 Å². The number of rotatable bonds is 6. The summed E-state index contributed by atoms with van der Waals surface area (Å²) in [6.45, 7) is 1.39. The number of hydrogen-bond acceptors (Lipinski definition) is 6. The van der Waals surface area contributed by atoms with Gasteiger partial charge >= 0.3 is 11.9 Å². The minimum Gasteiger partial charge on any atom is -0.393 e. The number of primary amides is 1. The van der Waals surface area contributed by atoms with Gasteiger partial charge in [0.05, 0.1) is 12.5 Å². The van der Waals surface area contributed by atoms with Gasteiger partial charge in [0.2, 0.25) is 5.91 Å². The van der Waals surface area contributed by atoms with Crippen molar-refractivity contribution < 1.29 is 24.2 Å². The lowest BCUT2D eigenvalue weighted by molar-refractivity contribution is -0.161. The molecule has 0 saturated carbocycles. The summed E-state index contributed by atoms with van der Waals surface area (Å²) in [5.74, 6) is -2.36. The summed E-state index contributed by atoms with van der Waals surface area (Å²) >= 11 is 0. The minimum absolute atomic E-state index is 0.0239. The van der Waals surface area contributed by atoms with Crippen molar-refractivity contribution in [1.82, 2.24) is 0 Å². The fourth-order valence-corrected chi connectivity index (χ4v) is 0.886. The molecule has 0 aliphatic rings. The van der Waals surface area contributed by atoms with E-state index < -0.39 is 30.0 Å². The van der Waals surface area contributed by atoms with Crippen LogP contribution in [0, 0.1) is 0 Å². The molecule has 5 N–H and O–H groups in total. The highest BCUT2D eigenvalue weighted by Crippen LogP contribution is 1.99. The third-order valence-electron chi connectivity index (χ3n) is 1.68. The fourth-order valence-electron chi connectivity index (χ4n) is 0.886. The van der Waals surface area contributed by atoms with Crippen molar-refractivity contribution in [3.05, 3.63) is 0 Å². The smallest absolute Gasteiger partial charge is 0.330 e. The van der Waals surface area contributed by atoms with E-state index >= 15 is 0 Å². The predicted octanol–water partition coefficient (Wildman–Crippen LogP) is -1.58. The van der Waals surface area contributed by atoms with Gasteiger partial charge in [0.15, 0.2) is 0 Å². The highest BCUT2D eigenvalue weighted by Gasteiger charge is 2.20. The Hall–Kier alpha value is -1.47. The SMILES string of the molecule is CC(O)CC(=O)OC(=O)[C@@H](N)CCC(N)=O. The quantitative estimate of drug-likeness (QED) is 0.374. The number of amides is 1. The highest BCUT2D eigenvalue weighted by molar-refractivity contribution is 5.88. The lowest BCUT2D eigenvalue weighted by Gasteiger charge is -2.09. The highest BCUT2D eigenvalue weighted by atomic mass is 16.6. The molecule has 1 amide bonds. The van der Waals surface area contributed by atoms with Gasteiger partial charge in [-0.2, -0.15) is 0 Å². The Morgan fingerprint density at radius 2 is 1.94 bits per heavy atom. The van der Waals surface area contributed by atoms with Crippen molar-refractivity contribution in [2.75, 3.05) is 0 Å². The first-order valence-electron chi connectivity index (χ1n) is 4.79. The Balaban J connectivity index is 3.95. The number of carbonyl (C=O) groups is 3. The van der Waals surface area contributed by atoms with E-state index in [9.17, 15) is 14.4 Å². The van der Waals surface area contributed by atoms with Crippen LogP contribution in [-0.4, -0.2) is 35.1 Å². The Morgan fingerprint density at radius 1 is 1.38 bits per heavy atom. The number of ether oxygens (including phenoxy) is 1. The largest absolute Gasteiger partial charge is 0.393 e. The third-order valence-corrected chi connectivity index (χ3v) is 1.68. The molecule has 0 radical (unpaired) electrons. The van der Waals surface area contributed by atoms with Crippen molar-refractivity contribution >= 4 is 17.8 Å². The summed E-state index contributed by atoms with van der Waals surface area (Å²) in [6, 6.07) is -1.06. The molecule has 92 valence electrons. The van der Waals surface area contributed by atoms with Crippen molar-refractivity contribution in [2.45, 2.75) is 38.3 Å². The van der Waals surface area contributed by atoms with Crippen LogP contribution in [0.1, 0.15) is 26.2 Å². The molecule has 0 aliphatic heterocycles. The normalized spacial score (nSPS) is 13.9. The van der Waals surface area contributed by atoms with Crippen molar-refractivity contribution in [1.29, 1.82) is 0 Å². The molecule has 2 atom stereocenters. The average Bonchev–Trinajstić information content (AvgIpc) is 2.12. The summed E-state index contributed by atoms with van der Waals surface area (Å²) in [7, 11) is 0. The van der Waals surface area contributed by atoms with Gasteiger partial charge in [-0.1, -0.05) is 0 Å². The Morgan fingerprint density at radius 3 is 2.38 bits per heavy atom. The molecule has 0 aliphatic carbocycles. The lowest BCUT2D eigenvalue weighted by Crippen LogP contribution is -2.35. The molecule has 0 aromatic heterocycles. The van der Waals surface area contributed by atoms with Crippen LogP contribution in [0.4, 0.5) is 0 Å². The first-order valence-corrected chi connectivity index (χ1v) is 4.79. The van der Waals surface area contributed by atoms with Gasteiger partial charge in [0.25, 0.3) is 0 Å². The Labute approximate surface area is 92.7 Å². The van der Waals surface area contributed by atoms with Crippen LogP contribution in [-0.2, 0) is 19.1 Å². The molecule has 0 spiro atoms. The zero-order valence-electron chi connectivity index (χ0n) is 9.01. The standard InChI is InChI=1S/C9H16N2O5/c1-5(12)4-8(14)16-9(15)6(10)2-3-7(11)13/h5-6,12H,2-4,10H2,1H3,(H2,11,13)/t5?,6-/m0/s1. The molecule has 0 fully saturated rings. The van der Waals surface area contributed by atoms with Crippen LogP contribution in [0.3, 0.4) is 0 Å². The third kappa shape index (κ3) is 6.91. The van der Waals surface area contributed by atoms with Crippen molar-refractivity contribution in [3.8, 4) is 0 Å². The molecule has 16 heavy (non-hydrogen) atoms. The molecular weight excluding hydrogens is 216 g/mol. The van der Waals surface area contributed by atoms with E-state index in [1.807, 2.05) is 0 Å². The second kappa shape index (κ2) is 6.91. The van der Waals surface area contributed by atoms with E-state index in [0.717, 1.165) is 0 Å². The van der Waals surface area contributed by atoms with E-state index in [0.29, 0.717) is 0 Å². The monoisotopic (exact) mass is 232 g/mol. The van der Waals surface area contributed by atoms with Crippen molar-refractivity contribution in [2.24, 2.45) is 11.5 Å². The van der Waals surface area contributed by atoms with Crippen LogP contribution in [0.25, 0.3) is 0 Å². The molecule has 1 unspecified atom stereocenters. The number of carbonyl (C=O) groups excluding carboxylic acids is 3. The van der Waals surface area contributed by atoms with Crippen LogP contribution >= 0.6 is 0 Å². The molecule has 0 bridgehead atoms. The van der Waals surface area contributed by atoms with E-state index in [1.165, 1.54) is 6.92 Å². The summed E-state index contributed by atoms with van der Waals surface area (Å²) in [6.07, 6.45) is -1.20. The molecule has 0 aromatic rings. The first kappa shape index (κ1) is 14.5. The average molecular weight is 232 g/mol. The fraction of sp³-hybridized carbons (Fsp3) is 0.667. The summed E-state index contributed by atoms with van der Waals surface area (Å²) in [5.41, 5.74) is 10.2. The molecule has 7 nitrogen and oxygen atoms in total. The van der Waals surface area contributed by atoms with Gasteiger partial charge < -0.3 is 21.3 Å². The first-order chi connectivity index (χ1) is 7.32. The Bertz CT molecular complexity index is 277. The molecule has 0 aromatic carbocycles. The Kier molecular flexibility index (Phi) is 6.28. The maximum absolute atomic E-state index is 11.1. The van der Waals surface area contributed by atoms with Crippen molar-refractivity contribution in [3.63, 3.8) is 0 Å². The van der Waals surface area contributed by atoms with Crippen LogP contribution in [0.5, 0.6) is 0 Å². The predicted molar refractivity (Wildman–Crippen MR) is 53.8 cm³/mol. The maximum atomic E-state index is 11.1. The number of aliphatic hydroxyl groups excluding tert-OH is 1. The van der Waals surface area contributed by atoms with Gasteiger partial charge in [-0.25, -0.2) is 4.79 Å². The summed E-state index contributed by atoms with van der Waals surface area (Å²) in [5, 5.41) is 8.85. The topological polar surface area (TPSA) is 133 Å². The zero-order chi connectivity index (χ0) is 12.7. The summed E-state index contributed by atoms with van der Waals surface area (Å²) < 4.78 is 4.34. The van der Waals surface area contributed by atoms with Gasteiger partial charge in [-0.15, -0.1) is 0 Å². The molecule has 0 heterocycles. The van der Waals surface area contributed by atoms with Gasteiger partial charge in [-0.3, -0.25) is 9.59 Å². The summed E-state index contributed by atoms with van der Waals surface area (Å²) in [4.78, 5) is 32.5. The number of aliphatic hydroxyl groups is 1. The zero-order valence-corrected chi connectivity index (χ0v) is 9.01. The van der Waals surface area contributed by atoms with Gasteiger partial charge in [0, 0.05) is 6.42 Å². The maximum Gasteiger partial charge on any atom is 0.330 e. The lowest BCUT2D eigenvalue weighted by atomic mass is 10.1. The van der Waals surface area contributed by atoms with Gasteiger partial charge in [0.1, 0.15) is 6.04 Å². The second-order valence-electron chi connectivity index (χ2n) is 3.46. The van der Waals surface area contributed by atoms with Crippen LogP contribution in [0.15, 0.2) is 0 Å².